The monoisotopic (exact) mass is 249 g/mol. The van der Waals surface area contributed by atoms with Crippen LogP contribution in [-0.2, 0) is 20.9 Å². The summed E-state index contributed by atoms with van der Waals surface area (Å²) in [6.07, 6.45) is 0.158. The number of carbonyl (C=O) groups is 2. The van der Waals surface area contributed by atoms with Gasteiger partial charge in [-0.1, -0.05) is 30.3 Å². The van der Waals surface area contributed by atoms with Crippen LogP contribution in [0.15, 0.2) is 30.3 Å². The molecule has 1 atom stereocenters. The molecule has 0 aliphatic heterocycles. The second kappa shape index (κ2) is 7.50. The molecule has 0 aromatic heterocycles. The molecule has 1 aromatic carbocycles. The predicted octanol–water partition coefficient (Wildman–Crippen LogP) is 0.101. The summed E-state index contributed by atoms with van der Waals surface area (Å²) in [7, 11) is 1.61. The topological polar surface area (TPSA) is 75.6 Å². The van der Waals surface area contributed by atoms with Gasteiger partial charge in [-0.05, 0) is 12.0 Å². The van der Waals surface area contributed by atoms with Gasteiger partial charge in [0.05, 0.1) is 6.04 Å². The van der Waals surface area contributed by atoms with E-state index < -0.39 is 18.0 Å². The van der Waals surface area contributed by atoms with E-state index in [-0.39, 0.29) is 19.4 Å². The van der Waals surface area contributed by atoms with Crippen molar-refractivity contribution in [1.82, 2.24) is 5.23 Å². The molecular formula is C12H16BNO4. The standard InChI is InChI=1S/C12H16BNO4/c13-14-10(6-7-11(15)16)12(17)18-8-9-4-2-1-3-5-9/h1-5,10,14H,6-8,13H2,(H,15,16)/t10-/m0/s1. The highest BCUT2D eigenvalue weighted by atomic mass is 16.5. The normalized spacial score (nSPS) is 11.8. The van der Waals surface area contributed by atoms with Gasteiger partial charge in [-0.25, -0.2) is 0 Å². The van der Waals surface area contributed by atoms with E-state index >= 15 is 0 Å². The average molecular weight is 249 g/mol. The number of rotatable bonds is 7. The van der Waals surface area contributed by atoms with Gasteiger partial charge in [0.1, 0.15) is 6.61 Å². The predicted molar refractivity (Wildman–Crippen MR) is 68.6 cm³/mol. The van der Waals surface area contributed by atoms with Crippen LogP contribution in [0.1, 0.15) is 18.4 Å². The molecule has 0 bridgehead atoms. The number of esters is 1. The van der Waals surface area contributed by atoms with Gasteiger partial charge >= 0.3 is 11.9 Å². The molecular weight excluding hydrogens is 233 g/mol. The fourth-order valence-corrected chi connectivity index (χ4v) is 1.48. The van der Waals surface area contributed by atoms with Crippen LogP contribution >= 0.6 is 0 Å². The lowest BCUT2D eigenvalue weighted by atomic mass is 10.1. The van der Waals surface area contributed by atoms with Gasteiger partial charge < -0.3 is 15.1 Å². The van der Waals surface area contributed by atoms with Crippen molar-refractivity contribution in [2.24, 2.45) is 0 Å². The Morgan fingerprint density at radius 3 is 2.56 bits per heavy atom. The Kier molecular flexibility index (Phi) is 5.94. The fourth-order valence-electron chi connectivity index (χ4n) is 1.48. The van der Waals surface area contributed by atoms with E-state index in [1.54, 1.807) is 7.98 Å². The van der Waals surface area contributed by atoms with Crippen LogP contribution < -0.4 is 5.23 Å². The quantitative estimate of drug-likeness (QED) is 0.529. The molecule has 0 amide bonds. The molecule has 0 aliphatic carbocycles. The van der Waals surface area contributed by atoms with Crippen molar-refractivity contribution in [3.8, 4) is 0 Å². The molecule has 0 fully saturated rings. The van der Waals surface area contributed by atoms with Crippen LogP contribution in [-0.4, -0.2) is 31.1 Å². The molecule has 6 heteroatoms. The van der Waals surface area contributed by atoms with Crippen LogP contribution in [0.3, 0.4) is 0 Å². The van der Waals surface area contributed by atoms with E-state index in [1.165, 1.54) is 0 Å². The van der Waals surface area contributed by atoms with Crippen LogP contribution in [0, 0.1) is 0 Å². The van der Waals surface area contributed by atoms with Gasteiger partial charge in [0, 0.05) is 6.42 Å². The fraction of sp³-hybridized carbons (Fsp3) is 0.333. The first-order valence-electron chi connectivity index (χ1n) is 5.73. The summed E-state index contributed by atoms with van der Waals surface area (Å²) in [6.45, 7) is 0.199. The van der Waals surface area contributed by atoms with Gasteiger partial charge in [0.15, 0.2) is 7.98 Å². The molecule has 18 heavy (non-hydrogen) atoms. The van der Waals surface area contributed by atoms with Crippen molar-refractivity contribution < 1.29 is 19.4 Å². The number of carboxylic acids is 1. The maximum absolute atomic E-state index is 11.7. The molecule has 5 nitrogen and oxygen atoms in total. The number of hydrogen-bond acceptors (Lipinski definition) is 4. The Morgan fingerprint density at radius 2 is 2.00 bits per heavy atom. The van der Waals surface area contributed by atoms with Crippen LogP contribution in [0.5, 0.6) is 0 Å². The summed E-state index contributed by atoms with van der Waals surface area (Å²) in [5.74, 6) is -1.35. The van der Waals surface area contributed by atoms with Crippen molar-refractivity contribution in [3.05, 3.63) is 35.9 Å². The summed E-state index contributed by atoms with van der Waals surface area (Å²) in [5, 5.41) is 11.3. The molecule has 1 rings (SSSR count). The third-order valence-electron chi connectivity index (χ3n) is 2.50. The summed E-state index contributed by atoms with van der Waals surface area (Å²) < 4.78 is 5.12. The lowest BCUT2D eigenvalue weighted by molar-refractivity contribution is -0.147. The molecule has 0 unspecified atom stereocenters. The van der Waals surface area contributed by atoms with E-state index in [0.717, 1.165) is 5.56 Å². The zero-order valence-corrected chi connectivity index (χ0v) is 10.3. The number of aliphatic carboxylic acids is 1. The minimum absolute atomic E-state index is 0.0635. The highest BCUT2D eigenvalue weighted by molar-refractivity contribution is 6.06. The number of carbonyl (C=O) groups excluding carboxylic acids is 1. The Bertz CT molecular complexity index is 396. The molecule has 96 valence electrons. The SMILES string of the molecule is BN[C@@H](CCC(=O)O)C(=O)OCc1ccccc1. The van der Waals surface area contributed by atoms with Crippen molar-refractivity contribution >= 4 is 19.9 Å². The minimum Gasteiger partial charge on any atom is -0.481 e. The van der Waals surface area contributed by atoms with Crippen molar-refractivity contribution in [2.45, 2.75) is 25.5 Å². The molecule has 2 N–H and O–H groups in total. The number of carboxylic acid groups (broad SMARTS) is 1. The number of benzene rings is 1. The van der Waals surface area contributed by atoms with E-state index in [9.17, 15) is 9.59 Å². The summed E-state index contributed by atoms with van der Waals surface area (Å²) in [4.78, 5) is 22.1. The largest absolute Gasteiger partial charge is 0.481 e. The third kappa shape index (κ3) is 5.01. The number of hydrogen-bond donors (Lipinski definition) is 2. The van der Waals surface area contributed by atoms with Crippen molar-refractivity contribution in [1.29, 1.82) is 0 Å². The van der Waals surface area contributed by atoms with Crippen molar-refractivity contribution in [2.75, 3.05) is 0 Å². The summed E-state index contributed by atoms with van der Waals surface area (Å²) >= 11 is 0. The van der Waals surface area contributed by atoms with Crippen molar-refractivity contribution in [3.63, 3.8) is 0 Å². The zero-order chi connectivity index (χ0) is 13.4. The van der Waals surface area contributed by atoms with E-state index in [4.69, 9.17) is 9.84 Å². The first-order chi connectivity index (χ1) is 8.63. The highest BCUT2D eigenvalue weighted by Gasteiger charge is 2.18. The van der Waals surface area contributed by atoms with Gasteiger partial charge in [-0.2, -0.15) is 0 Å². The Morgan fingerprint density at radius 1 is 1.33 bits per heavy atom. The Labute approximate surface area is 107 Å². The second-order valence-electron chi connectivity index (χ2n) is 3.87. The van der Waals surface area contributed by atoms with Gasteiger partial charge in [-0.15, -0.1) is 0 Å². The number of nitrogens with one attached hydrogen (secondary N) is 1. The molecule has 0 saturated heterocycles. The van der Waals surface area contributed by atoms with E-state index in [2.05, 4.69) is 5.23 Å². The van der Waals surface area contributed by atoms with Crippen LogP contribution in [0.25, 0.3) is 0 Å². The maximum Gasteiger partial charge on any atom is 0.322 e. The van der Waals surface area contributed by atoms with E-state index in [0.29, 0.717) is 0 Å². The third-order valence-corrected chi connectivity index (χ3v) is 2.50. The molecule has 0 aliphatic rings. The summed E-state index contributed by atoms with van der Waals surface area (Å²) in [6, 6.07) is 8.75. The lowest BCUT2D eigenvalue weighted by Gasteiger charge is -2.14. The van der Waals surface area contributed by atoms with Gasteiger partial charge in [0.25, 0.3) is 0 Å². The Hall–Kier alpha value is -1.82. The van der Waals surface area contributed by atoms with Gasteiger partial charge in [-0.3, -0.25) is 9.59 Å². The second-order valence-corrected chi connectivity index (χ2v) is 3.87. The lowest BCUT2D eigenvalue weighted by Crippen LogP contribution is -2.36. The zero-order valence-electron chi connectivity index (χ0n) is 10.3. The summed E-state index contributed by atoms with van der Waals surface area (Å²) in [5.41, 5.74) is 0.902. The molecule has 1 aromatic rings. The molecule has 0 heterocycles. The first-order valence-corrected chi connectivity index (χ1v) is 5.73. The minimum atomic E-state index is -0.925. The van der Waals surface area contributed by atoms with Crippen LogP contribution in [0.4, 0.5) is 0 Å². The smallest absolute Gasteiger partial charge is 0.322 e. The average Bonchev–Trinajstić information content (AvgIpc) is 2.38. The molecule has 0 saturated carbocycles. The maximum atomic E-state index is 11.7. The molecule has 0 radical (unpaired) electrons. The Balaban J connectivity index is 2.40. The first kappa shape index (κ1) is 14.2. The van der Waals surface area contributed by atoms with E-state index in [1.807, 2.05) is 30.3 Å². The molecule has 0 spiro atoms. The highest BCUT2D eigenvalue weighted by Crippen LogP contribution is 2.04. The number of ether oxygens (including phenoxy) is 1. The van der Waals surface area contributed by atoms with Crippen LogP contribution in [0.2, 0.25) is 0 Å². The van der Waals surface area contributed by atoms with Gasteiger partial charge in [0.2, 0.25) is 0 Å².